The predicted octanol–water partition coefficient (Wildman–Crippen LogP) is 3.44. The fourth-order valence-electron chi connectivity index (χ4n) is 2.22. The molecule has 1 aliphatic carbocycles. The zero-order valence-corrected chi connectivity index (χ0v) is 10.6. The van der Waals surface area contributed by atoms with Gasteiger partial charge >= 0.3 is 0 Å². The molecule has 1 saturated carbocycles. The summed E-state index contributed by atoms with van der Waals surface area (Å²) in [6.07, 6.45) is 5.51. The van der Waals surface area contributed by atoms with Crippen molar-refractivity contribution >= 4 is 28.7 Å². The third-order valence-corrected chi connectivity index (χ3v) is 4.29. The Morgan fingerprint density at radius 2 is 2.33 bits per heavy atom. The van der Waals surface area contributed by atoms with Gasteiger partial charge in [-0.05, 0) is 30.5 Å². The summed E-state index contributed by atoms with van der Waals surface area (Å²) in [5, 5.41) is 11.2. The van der Waals surface area contributed by atoms with E-state index in [1.54, 1.807) is 0 Å². The lowest BCUT2D eigenvalue weighted by atomic mass is 9.80. The van der Waals surface area contributed by atoms with Gasteiger partial charge in [0.1, 0.15) is 0 Å². The van der Waals surface area contributed by atoms with E-state index in [-0.39, 0.29) is 0 Å². The molecule has 1 aromatic heterocycles. The number of rotatable bonds is 3. The molecule has 0 amide bonds. The molecule has 1 aliphatic rings. The average Bonchev–Trinajstić information content (AvgIpc) is 2.63. The van der Waals surface area contributed by atoms with Crippen molar-refractivity contribution in [3.8, 4) is 0 Å². The summed E-state index contributed by atoms with van der Waals surface area (Å²) < 4.78 is 0.745. The van der Waals surface area contributed by atoms with E-state index in [0.29, 0.717) is 0 Å². The summed E-state index contributed by atoms with van der Waals surface area (Å²) in [5.41, 5.74) is 0. The normalized spacial score (nSPS) is 26.5. The van der Waals surface area contributed by atoms with Crippen LogP contribution in [-0.2, 0) is 0 Å². The third-order valence-electron chi connectivity index (χ3n) is 3.24. The van der Waals surface area contributed by atoms with Gasteiger partial charge in [0.25, 0.3) is 0 Å². The predicted molar refractivity (Wildman–Crippen MR) is 66.9 cm³/mol. The van der Waals surface area contributed by atoms with Crippen LogP contribution in [0.15, 0.2) is 0 Å². The summed E-state index contributed by atoms with van der Waals surface area (Å²) in [6.45, 7) is 3.40. The highest BCUT2D eigenvalue weighted by Gasteiger charge is 2.20. The number of nitrogens with zero attached hydrogens (tertiary/aromatic N) is 1. The van der Waals surface area contributed by atoms with Crippen LogP contribution in [0, 0.1) is 15.8 Å². The molecule has 0 saturated heterocycles. The fourth-order valence-corrected chi connectivity index (χ4v) is 3.02. The second-order valence-electron chi connectivity index (χ2n) is 4.32. The Labute approximate surface area is 99.3 Å². The van der Waals surface area contributed by atoms with E-state index in [2.05, 4.69) is 22.4 Å². The SMILES string of the molecule is CC1CCCCC1CNc1n[nH]c(=S)s1. The highest BCUT2D eigenvalue weighted by molar-refractivity contribution is 7.73. The molecule has 0 aliphatic heterocycles. The molecule has 0 spiro atoms. The van der Waals surface area contributed by atoms with Crippen LogP contribution in [0.5, 0.6) is 0 Å². The van der Waals surface area contributed by atoms with Gasteiger partial charge in [-0.15, -0.1) is 5.10 Å². The molecule has 1 fully saturated rings. The average molecular weight is 243 g/mol. The first-order chi connectivity index (χ1) is 7.25. The number of hydrogen-bond donors (Lipinski definition) is 2. The summed E-state index contributed by atoms with van der Waals surface area (Å²) in [4.78, 5) is 0. The molecule has 5 heteroatoms. The van der Waals surface area contributed by atoms with Crippen LogP contribution in [-0.4, -0.2) is 16.7 Å². The zero-order valence-electron chi connectivity index (χ0n) is 8.95. The lowest BCUT2D eigenvalue weighted by Gasteiger charge is -2.28. The maximum absolute atomic E-state index is 4.99. The fraction of sp³-hybridized carbons (Fsp3) is 0.800. The molecule has 2 N–H and O–H groups in total. The molecule has 0 bridgehead atoms. The van der Waals surface area contributed by atoms with Crippen LogP contribution in [0.25, 0.3) is 0 Å². The Hall–Kier alpha value is -0.420. The molecule has 3 nitrogen and oxygen atoms in total. The summed E-state index contributed by atoms with van der Waals surface area (Å²) in [5.74, 6) is 1.65. The van der Waals surface area contributed by atoms with E-state index in [9.17, 15) is 0 Å². The third kappa shape index (κ3) is 3.01. The number of hydrogen-bond acceptors (Lipinski definition) is 4. The molecule has 0 aromatic carbocycles. The molecule has 2 atom stereocenters. The molecule has 2 rings (SSSR count). The quantitative estimate of drug-likeness (QED) is 0.799. The summed E-state index contributed by atoms with van der Waals surface area (Å²) in [6, 6.07) is 0. The van der Waals surface area contributed by atoms with E-state index in [1.807, 2.05) is 0 Å². The Morgan fingerprint density at radius 1 is 1.53 bits per heavy atom. The molecule has 15 heavy (non-hydrogen) atoms. The first-order valence-electron chi connectivity index (χ1n) is 5.55. The van der Waals surface area contributed by atoms with Crippen LogP contribution in [0.4, 0.5) is 5.13 Å². The summed E-state index contributed by atoms with van der Waals surface area (Å²) >= 11 is 6.50. The minimum Gasteiger partial charge on any atom is -0.360 e. The number of nitrogens with one attached hydrogen (secondary N) is 2. The molecular weight excluding hydrogens is 226 g/mol. The highest BCUT2D eigenvalue weighted by atomic mass is 32.1. The van der Waals surface area contributed by atoms with E-state index in [1.165, 1.54) is 37.0 Å². The van der Waals surface area contributed by atoms with Crippen LogP contribution in [0.3, 0.4) is 0 Å². The Balaban J connectivity index is 1.84. The lowest BCUT2D eigenvalue weighted by Crippen LogP contribution is -2.24. The molecule has 84 valence electrons. The lowest BCUT2D eigenvalue weighted by molar-refractivity contribution is 0.268. The van der Waals surface area contributed by atoms with Gasteiger partial charge in [-0.25, -0.2) is 0 Å². The maximum Gasteiger partial charge on any atom is 0.204 e. The van der Waals surface area contributed by atoms with Crippen molar-refractivity contribution in [2.45, 2.75) is 32.6 Å². The van der Waals surface area contributed by atoms with Gasteiger partial charge in [0.2, 0.25) is 5.13 Å². The smallest absolute Gasteiger partial charge is 0.204 e. The van der Waals surface area contributed by atoms with E-state index >= 15 is 0 Å². The van der Waals surface area contributed by atoms with Crippen molar-refractivity contribution in [3.05, 3.63) is 3.95 Å². The summed E-state index contributed by atoms with van der Waals surface area (Å²) in [7, 11) is 0. The van der Waals surface area contributed by atoms with Crippen LogP contribution < -0.4 is 5.32 Å². The number of aromatic nitrogens is 2. The van der Waals surface area contributed by atoms with E-state index in [0.717, 1.165) is 27.5 Å². The number of aromatic amines is 1. The van der Waals surface area contributed by atoms with E-state index < -0.39 is 0 Å². The first kappa shape index (κ1) is 11.1. The monoisotopic (exact) mass is 243 g/mol. The zero-order chi connectivity index (χ0) is 10.7. The minimum atomic E-state index is 0.745. The van der Waals surface area contributed by atoms with Crippen LogP contribution in [0.1, 0.15) is 32.6 Å². The number of H-pyrrole nitrogens is 1. The molecule has 0 radical (unpaired) electrons. The van der Waals surface area contributed by atoms with Gasteiger partial charge in [0, 0.05) is 6.54 Å². The second kappa shape index (κ2) is 5.07. The van der Waals surface area contributed by atoms with Gasteiger partial charge in [-0.2, -0.15) is 0 Å². The first-order valence-corrected chi connectivity index (χ1v) is 6.77. The standard InChI is InChI=1S/C10H17N3S2/c1-7-4-2-3-5-8(7)6-11-9-12-13-10(14)15-9/h7-8H,2-6H2,1H3,(H,11,12)(H,13,14). The van der Waals surface area contributed by atoms with Crippen molar-refractivity contribution in [1.29, 1.82) is 0 Å². The largest absolute Gasteiger partial charge is 0.360 e. The van der Waals surface area contributed by atoms with Gasteiger partial charge in [0.05, 0.1) is 0 Å². The van der Waals surface area contributed by atoms with Crippen molar-refractivity contribution in [1.82, 2.24) is 10.2 Å². The Bertz CT molecular complexity index is 358. The highest BCUT2D eigenvalue weighted by Crippen LogP contribution is 2.29. The Morgan fingerprint density at radius 3 is 3.00 bits per heavy atom. The Kier molecular flexibility index (Phi) is 3.75. The van der Waals surface area contributed by atoms with Crippen molar-refractivity contribution in [3.63, 3.8) is 0 Å². The topological polar surface area (TPSA) is 40.7 Å². The van der Waals surface area contributed by atoms with Gasteiger partial charge in [-0.3, -0.25) is 5.10 Å². The van der Waals surface area contributed by atoms with Gasteiger partial charge in [-0.1, -0.05) is 37.5 Å². The van der Waals surface area contributed by atoms with Crippen LogP contribution in [0.2, 0.25) is 0 Å². The molecule has 2 unspecified atom stereocenters. The van der Waals surface area contributed by atoms with Crippen LogP contribution >= 0.6 is 23.6 Å². The van der Waals surface area contributed by atoms with Gasteiger partial charge < -0.3 is 5.32 Å². The maximum atomic E-state index is 4.99. The van der Waals surface area contributed by atoms with Gasteiger partial charge in [0.15, 0.2) is 3.95 Å². The van der Waals surface area contributed by atoms with Crippen molar-refractivity contribution in [2.75, 3.05) is 11.9 Å². The van der Waals surface area contributed by atoms with Crippen molar-refractivity contribution < 1.29 is 0 Å². The van der Waals surface area contributed by atoms with E-state index in [4.69, 9.17) is 12.2 Å². The second-order valence-corrected chi connectivity index (χ2v) is 5.99. The molecule has 1 aromatic rings. The molecular formula is C10H17N3S2. The van der Waals surface area contributed by atoms with Crippen molar-refractivity contribution in [2.24, 2.45) is 11.8 Å². The minimum absolute atomic E-state index is 0.745. The number of anilines is 1. The molecule has 1 heterocycles.